The van der Waals surface area contributed by atoms with E-state index < -0.39 is 11.7 Å². The largest absolute Gasteiger partial charge is 0.390 e. The number of aliphatic hydroxyl groups excluding tert-OH is 1. The fourth-order valence-electron chi connectivity index (χ4n) is 3.28. The van der Waals surface area contributed by atoms with Crippen molar-refractivity contribution in [1.29, 1.82) is 0 Å². The molecule has 2 atom stereocenters. The van der Waals surface area contributed by atoms with Crippen LogP contribution < -0.4 is 5.73 Å². The predicted octanol–water partition coefficient (Wildman–Crippen LogP) is 3.31. The van der Waals surface area contributed by atoms with Crippen LogP contribution in [0.2, 0.25) is 0 Å². The first-order valence-corrected chi connectivity index (χ1v) is 8.53. The maximum atomic E-state index is 10.7. The second-order valence-electron chi connectivity index (χ2n) is 6.42. The van der Waals surface area contributed by atoms with Gasteiger partial charge in [0.25, 0.3) is 0 Å². The maximum Gasteiger partial charge on any atom is 0.0799 e. The molecule has 1 rings (SSSR count). The first-order valence-electron chi connectivity index (χ1n) is 8.53. The summed E-state index contributed by atoms with van der Waals surface area (Å²) in [5.41, 5.74) is 6.00. The van der Waals surface area contributed by atoms with E-state index in [9.17, 15) is 10.2 Å². The number of allylic oxidation sites excluding steroid dienone is 2. The molecule has 0 aromatic heterocycles. The Morgan fingerprint density at radius 2 is 1.95 bits per heavy atom. The van der Waals surface area contributed by atoms with E-state index in [1.807, 2.05) is 6.08 Å². The maximum absolute atomic E-state index is 10.7. The van der Waals surface area contributed by atoms with Gasteiger partial charge in [-0.15, -0.1) is 0 Å². The zero-order valence-electron chi connectivity index (χ0n) is 13.7. The fourth-order valence-corrected chi connectivity index (χ4v) is 3.28. The first-order chi connectivity index (χ1) is 10.0. The Morgan fingerprint density at radius 3 is 2.52 bits per heavy atom. The van der Waals surface area contributed by atoms with E-state index in [1.54, 1.807) is 0 Å². The molecule has 3 nitrogen and oxygen atoms in total. The van der Waals surface area contributed by atoms with Crippen LogP contribution in [0.25, 0.3) is 0 Å². The average molecular weight is 295 g/mol. The van der Waals surface area contributed by atoms with E-state index in [4.69, 9.17) is 5.73 Å². The fraction of sp³-hybridized carbons (Fsp3) is 0.778. The van der Waals surface area contributed by atoms with Crippen molar-refractivity contribution in [2.24, 2.45) is 11.7 Å². The lowest BCUT2D eigenvalue weighted by Gasteiger charge is -2.29. The zero-order chi connectivity index (χ0) is 15.7. The van der Waals surface area contributed by atoms with Crippen molar-refractivity contribution in [3.63, 3.8) is 0 Å². The Morgan fingerprint density at radius 1 is 1.29 bits per heavy atom. The van der Waals surface area contributed by atoms with Gasteiger partial charge in [-0.2, -0.15) is 0 Å². The highest BCUT2D eigenvalue weighted by Gasteiger charge is 2.26. The zero-order valence-corrected chi connectivity index (χ0v) is 13.7. The van der Waals surface area contributed by atoms with Gasteiger partial charge in [-0.1, -0.05) is 44.9 Å². The van der Waals surface area contributed by atoms with Crippen LogP contribution >= 0.6 is 0 Å². The highest BCUT2D eigenvalue weighted by molar-refractivity contribution is 5.27. The van der Waals surface area contributed by atoms with Gasteiger partial charge in [0.05, 0.1) is 11.7 Å². The van der Waals surface area contributed by atoms with Crippen LogP contribution in [0, 0.1) is 5.92 Å². The summed E-state index contributed by atoms with van der Waals surface area (Å²) in [6.07, 6.45) is 13.2. The molecule has 0 fully saturated rings. The van der Waals surface area contributed by atoms with Crippen LogP contribution in [0.5, 0.6) is 0 Å². The monoisotopic (exact) mass is 295 g/mol. The molecule has 1 aliphatic rings. The Bertz CT molecular complexity index is 343. The lowest BCUT2D eigenvalue weighted by molar-refractivity contribution is 0.00853. The predicted molar refractivity (Wildman–Crippen MR) is 89.0 cm³/mol. The van der Waals surface area contributed by atoms with Crippen LogP contribution in [0.15, 0.2) is 23.8 Å². The molecule has 0 aliphatic heterocycles. The molecular weight excluding hydrogens is 262 g/mol. The van der Waals surface area contributed by atoms with Gasteiger partial charge >= 0.3 is 0 Å². The smallest absolute Gasteiger partial charge is 0.0799 e. The third-order valence-corrected chi connectivity index (χ3v) is 4.41. The first kappa shape index (κ1) is 18.4. The van der Waals surface area contributed by atoms with Gasteiger partial charge in [-0.25, -0.2) is 0 Å². The van der Waals surface area contributed by atoms with Crippen LogP contribution in [0.4, 0.5) is 0 Å². The van der Waals surface area contributed by atoms with Crippen LogP contribution in [0.1, 0.15) is 65.2 Å². The Hall–Kier alpha value is -0.640. The van der Waals surface area contributed by atoms with Crippen LogP contribution in [0.3, 0.4) is 0 Å². The minimum atomic E-state index is -0.505. The molecule has 0 saturated heterocycles. The quantitative estimate of drug-likeness (QED) is 0.579. The van der Waals surface area contributed by atoms with Gasteiger partial charge in [0.15, 0.2) is 0 Å². The van der Waals surface area contributed by atoms with Crippen molar-refractivity contribution < 1.29 is 10.2 Å². The molecule has 3 heteroatoms. The molecule has 0 bridgehead atoms. The van der Waals surface area contributed by atoms with Gasteiger partial charge < -0.3 is 15.9 Å². The van der Waals surface area contributed by atoms with E-state index in [1.165, 1.54) is 0 Å². The van der Waals surface area contributed by atoms with Crippen molar-refractivity contribution >= 4 is 0 Å². The summed E-state index contributed by atoms with van der Waals surface area (Å²) in [6, 6.07) is 0. The van der Waals surface area contributed by atoms with Crippen molar-refractivity contribution in [2.45, 2.75) is 76.9 Å². The molecule has 4 N–H and O–H groups in total. The summed E-state index contributed by atoms with van der Waals surface area (Å²) < 4.78 is 0. The minimum absolute atomic E-state index is 0.428. The highest BCUT2D eigenvalue weighted by Crippen LogP contribution is 2.30. The third-order valence-electron chi connectivity index (χ3n) is 4.41. The Balaban J connectivity index is 2.56. The molecule has 21 heavy (non-hydrogen) atoms. The van der Waals surface area contributed by atoms with Gasteiger partial charge in [-0.05, 0) is 56.6 Å². The van der Waals surface area contributed by atoms with Gasteiger partial charge in [0, 0.05) is 0 Å². The molecule has 0 heterocycles. The summed E-state index contributed by atoms with van der Waals surface area (Å²) in [4.78, 5) is 0. The number of rotatable bonds is 10. The van der Waals surface area contributed by atoms with Crippen LogP contribution in [-0.4, -0.2) is 28.5 Å². The summed E-state index contributed by atoms with van der Waals surface area (Å²) in [5.74, 6) is 0.428. The summed E-state index contributed by atoms with van der Waals surface area (Å²) in [5, 5.41) is 20.7. The van der Waals surface area contributed by atoms with Crippen molar-refractivity contribution in [1.82, 2.24) is 0 Å². The van der Waals surface area contributed by atoms with Gasteiger partial charge in [0.1, 0.15) is 0 Å². The number of hydrogen-bond acceptors (Lipinski definition) is 3. The molecule has 0 amide bonds. The second-order valence-corrected chi connectivity index (χ2v) is 6.42. The second kappa shape index (κ2) is 9.39. The summed E-state index contributed by atoms with van der Waals surface area (Å²) in [6.45, 7) is 4.76. The Labute approximate surface area is 129 Å². The van der Waals surface area contributed by atoms with E-state index in [2.05, 4.69) is 26.0 Å². The standard InChI is InChI=1S/C18H33NO2/c1-3-10-18(21,11-4-2)12-8-15-6-5-7-16(14-15)17(20)9-13-19/h5,7,14-15,17,20-21H,3-4,6,8-13,19H2,1-2H3. The van der Waals surface area contributed by atoms with Crippen molar-refractivity contribution in [3.05, 3.63) is 23.8 Å². The topological polar surface area (TPSA) is 66.5 Å². The highest BCUT2D eigenvalue weighted by atomic mass is 16.3. The molecule has 122 valence electrons. The Kier molecular flexibility index (Phi) is 8.23. The molecular formula is C18H33NO2. The summed E-state index contributed by atoms with van der Waals surface area (Å²) >= 11 is 0. The number of hydrogen-bond donors (Lipinski definition) is 3. The molecule has 0 saturated carbocycles. The average Bonchev–Trinajstić information content (AvgIpc) is 2.46. The number of nitrogens with two attached hydrogens (primary N) is 1. The normalized spacial score (nSPS) is 20.4. The van der Waals surface area contributed by atoms with E-state index >= 15 is 0 Å². The lowest BCUT2D eigenvalue weighted by Crippen LogP contribution is -2.29. The van der Waals surface area contributed by atoms with Crippen molar-refractivity contribution in [2.75, 3.05) is 6.54 Å². The van der Waals surface area contributed by atoms with Crippen LogP contribution in [-0.2, 0) is 0 Å². The van der Waals surface area contributed by atoms with E-state index in [-0.39, 0.29) is 0 Å². The van der Waals surface area contributed by atoms with E-state index in [0.29, 0.717) is 18.9 Å². The molecule has 2 unspecified atom stereocenters. The molecule has 1 aliphatic carbocycles. The van der Waals surface area contributed by atoms with Crippen molar-refractivity contribution in [3.8, 4) is 0 Å². The molecule has 0 spiro atoms. The molecule has 0 aromatic rings. The van der Waals surface area contributed by atoms with Gasteiger partial charge in [-0.3, -0.25) is 0 Å². The third kappa shape index (κ3) is 6.33. The number of aliphatic hydroxyl groups is 2. The molecule has 0 radical (unpaired) electrons. The molecule has 0 aromatic carbocycles. The van der Waals surface area contributed by atoms with E-state index in [0.717, 1.165) is 50.5 Å². The summed E-state index contributed by atoms with van der Waals surface area (Å²) in [7, 11) is 0. The minimum Gasteiger partial charge on any atom is -0.390 e. The SMILES string of the molecule is CCCC(O)(CCC)CCC1C=C(C(O)CCN)C=CC1. The lowest BCUT2D eigenvalue weighted by atomic mass is 9.82. The van der Waals surface area contributed by atoms with Gasteiger partial charge in [0.2, 0.25) is 0 Å².